The second kappa shape index (κ2) is 7.35. The molecule has 5 rings (SSSR count). The van der Waals surface area contributed by atoms with Crippen LogP contribution in [0.4, 0.5) is 4.79 Å². The third kappa shape index (κ3) is 3.18. The molecule has 9 heteroatoms. The maximum atomic E-state index is 13.1. The summed E-state index contributed by atoms with van der Waals surface area (Å²) in [5.41, 5.74) is -0.728. The fourth-order valence-electron chi connectivity index (χ4n) is 5.30. The summed E-state index contributed by atoms with van der Waals surface area (Å²) in [6.07, 6.45) is 8.37. The molecule has 1 aromatic heterocycles. The van der Waals surface area contributed by atoms with Crippen LogP contribution >= 0.6 is 0 Å². The Morgan fingerprint density at radius 1 is 1.07 bits per heavy atom. The van der Waals surface area contributed by atoms with Crippen molar-refractivity contribution in [3.63, 3.8) is 0 Å². The number of likely N-dealkylation sites (tertiary alicyclic amines) is 1. The monoisotopic (exact) mass is 414 g/mol. The van der Waals surface area contributed by atoms with Crippen molar-refractivity contribution >= 4 is 17.8 Å². The van der Waals surface area contributed by atoms with E-state index in [-0.39, 0.29) is 30.3 Å². The van der Waals surface area contributed by atoms with Gasteiger partial charge in [0.25, 0.3) is 5.91 Å². The number of aromatic amines is 1. The highest BCUT2D eigenvalue weighted by Gasteiger charge is 2.56. The average molecular weight is 415 g/mol. The van der Waals surface area contributed by atoms with Gasteiger partial charge in [0.2, 0.25) is 5.91 Å². The van der Waals surface area contributed by atoms with Crippen LogP contribution in [-0.2, 0) is 9.59 Å². The van der Waals surface area contributed by atoms with Gasteiger partial charge in [-0.3, -0.25) is 19.6 Å². The fourth-order valence-corrected chi connectivity index (χ4v) is 5.30. The van der Waals surface area contributed by atoms with Crippen molar-refractivity contribution < 1.29 is 14.4 Å². The van der Waals surface area contributed by atoms with Crippen molar-refractivity contribution in [2.24, 2.45) is 0 Å². The third-order valence-electron chi connectivity index (χ3n) is 7.47. The number of nitrogens with zero attached hydrogens (tertiary/aromatic N) is 5. The number of carbonyl (C=O) groups is 3. The van der Waals surface area contributed by atoms with Crippen LogP contribution < -0.4 is 0 Å². The number of hydrogen-bond acceptors (Lipinski definition) is 5. The lowest BCUT2D eigenvalue weighted by Gasteiger charge is -2.36. The van der Waals surface area contributed by atoms with Crippen molar-refractivity contribution in [2.45, 2.75) is 75.2 Å². The Kier molecular flexibility index (Phi) is 4.78. The maximum absolute atomic E-state index is 13.1. The second-order valence-electron chi connectivity index (χ2n) is 9.33. The van der Waals surface area contributed by atoms with Gasteiger partial charge < -0.3 is 9.80 Å². The minimum Gasteiger partial charge on any atom is -0.341 e. The maximum Gasteiger partial charge on any atom is 0.327 e. The molecule has 4 aliphatic rings. The molecule has 3 heterocycles. The molecule has 2 aliphatic heterocycles. The zero-order chi connectivity index (χ0) is 20.9. The van der Waals surface area contributed by atoms with E-state index in [9.17, 15) is 14.4 Å². The van der Waals surface area contributed by atoms with Gasteiger partial charge in [0.05, 0.1) is 0 Å². The smallest absolute Gasteiger partial charge is 0.327 e. The number of amides is 4. The van der Waals surface area contributed by atoms with Crippen molar-refractivity contribution in [3.8, 4) is 0 Å². The zero-order valence-corrected chi connectivity index (χ0v) is 17.6. The minimum absolute atomic E-state index is 0.146. The molecule has 0 aromatic carbocycles. The number of imide groups is 1. The first-order chi connectivity index (χ1) is 14.5. The van der Waals surface area contributed by atoms with Crippen LogP contribution in [0.2, 0.25) is 0 Å². The van der Waals surface area contributed by atoms with Gasteiger partial charge in [0.15, 0.2) is 5.82 Å². The van der Waals surface area contributed by atoms with E-state index in [0.29, 0.717) is 31.8 Å². The predicted molar refractivity (Wildman–Crippen MR) is 108 cm³/mol. The van der Waals surface area contributed by atoms with Gasteiger partial charge in [0, 0.05) is 32.0 Å². The van der Waals surface area contributed by atoms with Crippen molar-refractivity contribution in [3.05, 3.63) is 11.6 Å². The number of carbonyl (C=O) groups excluding carboxylic acids is 3. The molecule has 162 valence electrons. The Balaban J connectivity index is 1.19. The molecule has 0 atom stereocenters. The lowest BCUT2D eigenvalue weighted by molar-refractivity contribution is -0.141. The van der Waals surface area contributed by atoms with Crippen LogP contribution in [0.15, 0.2) is 0 Å². The van der Waals surface area contributed by atoms with Crippen LogP contribution in [0, 0.1) is 0 Å². The first-order valence-corrected chi connectivity index (χ1v) is 11.3. The molecular formula is C21H30N6O3. The minimum atomic E-state index is -0.728. The molecule has 9 nitrogen and oxygen atoms in total. The van der Waals surface area contributed by atoms with Gasteiger partial charge in [-0.15, -0.1) is 0 Å². The van der Waals surface area contributed by atoms with Crippen LogP contribution in [0.3, 0.4) is 0 Å². The normalized spacial score (nSPS) is 24.9. The summed E-state index contributed by atoms with van der Waals surface area (Å²) in [6, 6.07) is -0.334. The summed E-state index contributed by atoms with van der Waals surface area (Å²) < 4.78 is 0. The Bertz CT molecular complexity index is 849. The number of urea groups is 1. The van der Waals surface area contributed by atoms with E-state index >= 15 is 0 Å². The van der Waals surface area contributed by atoms with Crippen molar-refractivity contribution in [1.82, 2.24) is 29.9 Å². The largest absolute Gasteiger partial charge is 0.341 e. The molecule has 4 amide bonds. The molecule has 0 radical (unpaired) electrons. The van der Waals surface area contributed by atoms with E-state index in [1.165, 1.54) is 17.7 Å². The van der Waals surface area contributed by atoms with E-state index in [1.54, 1.807) is 16.8 Å². The second-order valence-corrected chi connectivity index (χ2v) is 9.33. The van der Waals surface area contributed by atoms with Crippen molar-refractivity contribution in [1.29, 1.82) is 0 Å². The van der Waals surface area contributed by atoms with Crippen molar-refractivity contribution in [2.75, 3.05) is 26.7 Å². The average Bonchev–Trinajstić information content (AvgIpc) is 3.49. The highest BCUT2D eigenvalue weighted by molar-refractivity contribution is 6.08. The number of hydrogen-bond donors (Lipinski definition) is 1. The summed E-state index contributed by atoms with van der Waals surface area (Å²) in [4.78, 5) is 47.9. The van der Waals surface area contributed by atoms with Crippen LogP contribution in [0.5, 0.6) is 0 Å². The van der Waals surface area contributed by atoms with Gasteiger partial charge in [-0.25, -0.2) is 9.78 Å². The van der Waals surface area contributed by atoms with Gasteiger partial charge in [0.1, 0.15) is 17.9 Å². The Morgan fingerprint density at radius 3 is 2.43 bits per heavy atom. The third-order valence-corrected chi connectivity index (χ3v) is 7.47. The first kappa shape index (κ1) is 19.5. The number of nitrogens with one attached hydrogen (secondary N) is 1. The lowest BCUT2D eigenvalue weighted by atomic mass is 9.81. The number of H-pyrrole nitrogens is 1. The molecular weight excluding hydrogens is 384 g/mol. The van der Waals surface area contributed by atoms with E-state index in [2.05, 4.69) is 15.2 Å². The molecule has 2 aliphatic carbocycles. The molecule has 30 heavy (non-hydrogen) atoms. The Hall–Kier alpha value is -2.45. The summed E-state index contributed by atoms with van der Waals surface area (Å²) in [7, 11) is 1.70. The summed E-state index contributed by atoms with van der Waals surface area (Å²) >= 11 is 0. The van der Waals surface area contributed by atoms with Gasteiger partial charge in [-0.1, -0.05) is 19.3 Å². The molecule has 1 N–H and O–H groups in total. The van der Waals surface area contributed by atoms with Gasteiger partial charge in [-0.2, -0.15) is 5.10 Å². The van der Waals surface area contributed by atoms with Gasteiger partial charge >= 0.3 is 6.03 Å². The standard InChI is InChI=1S/C21H30N6O3/c1-25-20(30)27(19(29)21(25)9-3-2-4-10-21)13-16(28)26-11-7-15(8-12-26)18-22-17(23-24-18)14-5-6-14/h14-15H,2-13H2,1H3,(H,22,23,24). The van der Waals surface area contributed by atoms with E-state index < -0.39 is 5.54 Å². The quantitative estimate of drug-likeness (QED) is 0.759. The number of rotatable bonds is 4. The number of piperidine rings is 1. The topological polar surface area (TPSA) is 102 Å². The Labute approximate surface area is 176 Å². The summed E-state index contributed by atoms with van der Waals surface area (Å²) in [6.45, 7) is 1.07. The molecule has 1 spiro atoms. The molecule has 2 saturated carbocycles. The molecule has 1 aromatic rings. The number of likely N-dealkylation sites (N-methyl/N-ethyl adjacent to an activating group) is 1. The molecule has 0 bridgehead atoms. The first-order valence-electron chi connectivity index (χ1n) is 11.3. The summed E-state index contributed by atoms with van der Waals surface area (Å²) in [5, 5.41) is 7.42. The highest BCUT2D eigenvalue weighted by atomic mass is 16.2. The zero-order valence-electron chi connectivity index (χ0n) is 17.6. The molecule has 0 unspecified atom stereocenters. The SMILES string of the molecule is CN1C(=O)N(CC(=O)N2CCC(c3nc(C4CC4)n[nH]3)CC2)C(=O)C12CCCCC2. The van der Waals surface area contributed by atoms with E-state index in [1.807, 2.05) is 0 Å². The van der Waals surface area contributed by atoms with Crippen LogP contribution in [0.1, 0.15) is 81.3 Å². The highest BCUT2D eigenvalue weighted by Crippen LogP contribution is 2.40. The lowest BCUT2D eigenvalue weighted by Crippen LogP contribution is -2.50. The van der Waals surface area contributed by atoms with Crippen LogP contribution in [0.25, 0.3) is 0 Å². The van der Waals surface area contributed by atoms with E-state index in [0.717, 1.165) is 43.8 Å². The molecule has 4 fully saturated rings. The van der Waals surface area contributed by atoms with Crippen LogP contribution in [-0.4, -0.2) is 79.9 Å². The summed E-state index contributed by atoms with van der Waals surface area (Å²) in [5.74, 6) is 2.32. The Morgan fingerprint density at radius 2 is 1.77 bits per heavy atom. The van der Waals surface area contributed by atoms with E-state index in [4.69, 9.17) is 0 Å². The molecule has 2 saturated heterocycles. The number of aromatic nitrogens is 3. The predicted octanol–water partition coefficient (Wildman–Crippen LogP) is 1.98. The van der Waals surface area contributed by atoms with Gasteiger partial charge in [-0.05, 0) is 38.5 Å². The fraction of sp³-hybridized carbons (Fsp3) is 0.762.